The van der Waals surface area contributed by atoms with Crippen LogP contribution in [0.15, 0.2) is 53.2 Å². The zero-order chi connectivity index (χ0) is 18.4. The van der Waals surface area contributed by atoms with Crippen molar-refractivity contribution in [2.45, 2.75) is 19.9 Å². The Labute approximate surface area is 155 Å². The van der Waals surface area contributed by atoms with Crippen LogP contribution < -0.4 is 0 Å². The van der Waals surface area contributed by atoms with E-state index in [1.807, 2.05) is 54.0 Å². The van der Waals surface area contributed by atoms with Gasteiger partial charge in [-0.05, 0) is 6.92 Å². The van der Waals surface area contributed by atoms with Crippen LogP contribution in [0.3, 0.4) is 0 Å². The lowest BCUT2D eigenvalue weighted by Crippen LogP contribution is -2.37. The fourth-order valence-corrected chi connectivity index (χ4v) is 3.50. The smallest absolute Gasteiger partial charge is 0.276 e. The van der Waals surface area contributed by atoms with Gasteiger partial charge in [0.2, 0.25) is 0 Å². The van der Waals surface area contributed by atoms with Crippen LogP contribution in [0.5, 0.6) is 0 Å². The highest BCUT2D eigenvalue weighted by Crippen LogP contribution is 2.24. The predicted molar refractivity (Wildman–Crippen MR) is 98.1 cm³/mol. The highest BCUT2D eigenvalue weighted by Gasteiger charge is 2.26. The first-order chi connectivity index (χ1) is 13.2. The van der Waals surface area contributed by atoms with Crippen LogP contribution in [0.1, 0.15) is 27.4 Å². The first-order valence-corrected chi connectivity index (χ1v) is 8.83. The van der Waals surface area contributed by atoms with Crippen molar-refractivity contribution in [3.63, 3.8) is 0 Å². The van der Waals surface area contributed by atoms with E-state index in [9.17, 15) is 4.79 Å². The summed E-state index contributed by atoms with van der Waals surface area (Å²) in [5.74, 6) is 0.454. The van der Waals surface area contributed by atoms with Gasteiger partial charge in [0, 0.05) is 49.0 Å². The van der Waals surface area contributed by atoms with E-state index >= 15 is 0 Å². The van der Waals surface area contributed by atoms with Crippen LogP contribution in [-0.2, 0) is 13.0 Å². The second kappa shape index (κ2) is 6.05. The number of nitrogens with zero attached hydrogens (tertiary/aromatic N) is 5. The van der Waals surface area contributed by atoms with Crippen LogP contribution >= 0.6 is 0 Å². The number of amides is 1. The Hall–Kier alpha value is -3.48. The molecule has 7 heteroatoms. The van der Waals surface area contributed by atoms with Crippen LogP contribution in [-0.4, -0.2) is 37.1 Å². The fourth-order valence-electron chi connectivity index (χ4n) is 3.50. The number of hydrogen-bond donors (Lipinski definition) is 0. The predicted octanol–water partition coefficient (Wildman–Crippen LogP) is 2.89. The van der Waals surface area contributed by atoms with Crippen LogP contribution in [0.4, 0.5) is 0 Å². The third-order valence-corrected chi connectivity index (χ3v) is 4.85. The van der Waals surface area contributed by atoms with E-state index in [0.29, 0.717) is 24.5 Å². The summed E-state index contributed by atoms with van der Waals surface area (Å²) in [6.07, 6.45) is 2.56. The topological polar surface area (TPSA) is 76.5 Å². The van der Waals surface area contributed by atoms with E-state index < -0.39 is 0 Å². The van der Waals surface area contributed by atoms with Gasteiger partial charge in [0.15, 0.2) is 17.1 Å². The molecule has 5 rings (SSSR count). The van der Waals surface area contributed by atoms with Gasteiger partial charge in [-0.25, -0.2) is 9.50 Å². The van der Waals surface area contributed by atoms with E-state index in [4.69, 9.17) is 4.52 Å². The molecule has 1 aliphatic rings. The Balaban J connectivity index is 1.41. The molecule has 27 heavy (non-hydrogen) atoms. The van der Waals surface area contributed by atoms with Gasteiger partial charge in [0.1, 0.15) is 0 Å². The lowest BCUT2D eigenvalue weighted by Gasteiger charge is -2.28. The van der Waals surface area contributed by atoms with Gasteiger partial charge in [0.05, 0.1) is 11.4 Å². The molecule has 0 atom stereocenters. The molecule has 0 unspecified atom stereocenters. The molecule has 4 heterocycles. The van der Waals surface area contributed by atoms with Gasteiger partial charge in [0.25, 0.3) is 5.91 Å². The summed E-state index contributed by atoms with van der Waals surface area (Å²) < 4.78 is 7.25. The van der Waals surface area contributed by atoms with Crippen molar-refractivity contribution in [3.8, 4) is 11.3 Å². The average Bonchev–Trinajstić information content (AvgIpc) is 3.34. The number of rotatable bonds is 2. The van der Waals surface area contributed by atoms with E-state index in [1.165, 1.54) is 0 Å². The van der Waals surface area contributed by atoms with Crippen molar-refractivity contribution in [3.05, 3.63) is 71.3 Å². The van der Waals surface area contributed by atoms with Crippen LogP contribution in [0.25, 0.3) is 17.0 Å². The zero-order valence-corrected chi connectivity index (χ0v) is 14.8. The molecule has 1 aliphatic heterocycles. The van der Waals surface area contributed by atoms with Gasteiger partial charge >= 0.3 is 0 Å². The number of carbonyl (C=O) groups is 1. The highest BCUT2D eigenvalue weighted by molar-refractivity contribution is 5.93. The molecule has 3 aromatic heterocycles. The van der Waals surface area contributed by atoms with E-state index in [-0.39, 0.29) is 5.91 Å². The number of aryl methyl sites for hydroxylation is 1. The third-order valence-electron chi connectivity index (χ3n) is 4.85. The monoisotopic (exact) mass is 359 g/mol. The number of carbonyl (C=O) groups excluding carboxylic acids is 1. The number of benzene rings is 1. The van der Waals surface area contributed by atoms with Crippen molar-refractivity contribution < 1.29 is 9.32 Å². The second-order valence-corrected chi connectivity index (χ2v) is 6.70. The van der Waals surface area contributed by atoms with Crippen molar-refractivity contribution >= 4 is 11.6 Å². The first-order valence-electron chi connectivity index (χ1n) is 8.83. The molecule has 0 fully saturated rings. The Morgan fingerprint density at radius 3 is 2.89 bits per heavy atom. The zero-order valence-electron chi connectivity index (χ0n) is 14.8. The Morgan fingerprint density at radius 2 is 2.04 bits per heavy atom. The summed E-state index contributed by atoms with van der Waals surface area (Å²) in [6, 6.07) is 13.3. The van der Waals surface area contributed by atoms with Gasteiger partial charge < -0.3 is 9.42 Å². The quantitative estimate of drug-likeness (QED) is 0.550. The summed E-state index contributed by atoms with van der Waals surface area (Å²) in [5, 5.41) is 8.49. The SMILES string of the molecule is Cc1cc2ncc3c(n2n1)CCN(C(=O)c1cc(-c2ccccc2)on1)C3. The second-order valence-electron chi connectivity index (χ2n) is 6.70. The Morgan fingerprint density at radius 1 is 1.19 bits per heavy atom. The van der Waals surface area contributed by atoms with Gasteiger partial charge in [-0.3, -0.25) is 4.79 Å². The number of aromatic nitrogens is 4. The van der Waals surface area contributed by atoms with Gasteiger partial charge in [-0.15, -0.1) is 0 Å². The minimum absolute atomic E-state index is 0.136. The summed E-state index contributed by atoms with van der Waals surface area (Å²) in [5.41, 5.74) is 5.12. The molecule has 0 saturated heterocycles. The van der Waals surface area contributed by atoms with Crippen LogP contribution in [0.2, 0.25) is 0 Å². The molecule has 4 aromatic rings. The molecule has 7 nitrogen and oxygen atoms in total. The maximum Gasteiger partial charge on any atom is 0.276 e. The molecule has 0 N–H and O–H groups in total. The normalized spacial score (nSPS) is 13.7. The minimum atomic E-state index is -0.136. The van der Waals surface area contributed by atoms with E-state index in [0.717, 1.165) is 34.6 Å². The molecular weight excluding hydrogens is 342 g/mol. The lowest BCUT2D eigenvalue weighted by atomic mass is 10.1. The summed E-state index contributed by atoms with van der Waals surface area (Å²) in [6.45, 7) is 3.05. The fraction of sp³-hybridized carbons (Fsp3) is 0.200. The largest absolute Gasteiger partial charge is 0.355 e. The summed E-state index contributed by atoms with van der Waals surface area (Å²) in [4.78, 5) is 19.1. The molecule has 1 aromatic carbocycles. The van der Waals surface area contributed by atoms with Crippen LogP contribution in [0, 0.1) is 6.92 Å². The molecule has 0 spiro atoms. The molecule has 0 bridgehead atoms. The van der Waals surface area contributed by atoms with Crippen molar-refractivity contribution in [2.75, 3.05) is 6.54 Å². The van der Waals surface area contributed by atoms with Gasteiger partial charge in [-0.1, -0.05) is 35.5 Å². The van der Waals surface area contributed by atoms with Crippen molar-refractivity contribution in [2.24, 2.45) is 0 Å². The van der Waals surface area contributed by atoms with E-state index in [1.54, 1.807) is 11.0 Å². The molecular formula is C20H17N5O2. The molecule has 0 aliphatic carbocycles. The lowest BCUT2D eigenvalue weighted by molar-refractivity contribution is 0.0722. The first kappa shape index (κ1) is 15.7. The number of hydrogen-bond acceptors (Lipinski definition) is 5. The third kappa shape index (κ3) is 2.68. The molecule has 0 radical (unpaired) electrons. The Kier molecular flexibility index (Phi) is 3.53. The number of fused-ring (bicyclic) bond motifs is 3. The Bertz CT molecular complexity index is 1150. The molecule has 1 amide bonds. The summed E-state index contributed by atoms with van der Waals surface area (Å²) in [7, 11) is 0. The van der Waals surface area contributed by atoms with Crippen molar-refractivity contribution in [1.29, 1.82) is 0 Å². The summed E-state index contributed by atoms with van der Waals surface area (Å²) >= 11 is 0. The molecule has 134 valence electrons. The average molecular weight is 359 g/mol. The molecule has 0 saturated carbocycles. The highest BCUT2D eigenvalue weighted by atomic mass is 16.5. The van der Waals surface area contributed by atoms with Gasteiger partial charge in [-0.2, -0.15) is 5.10 Å². The minimum Gasteiger partial charge on any atom is -0.355 e. The maximum absolute atomic E-state index is 12.9. The maximum atomic E-state index is 12.9. The van der Waals surface area contributed by atoms with E-state index in [2.05, 4.69) is 15.2 Å². The standard InChI is InChI=1S/C20H17N5O2/c1-13-9-19-21-11-15-12-24(8-7-17(15)25(19)22-13)20(26)16-10-18(27-23-16)14-5-3-2-4-6-14/h2-6,9-11H,7-8,12H2,1H3. The van der Waals surface area contributed by atoms with Crippen molar-refractivity contribution in [1.82, 2.24) is 24.7 Å².